The molecule has 3 N–H and O–H groups in total. The van der Waals surface area contributed by atoms with Gasteiger partial charge in [-0.25, -0.2) is 0 Å². The van der Waals surface area contributed by atoms with E-state index in [9.17, 15) is 10.0 Å². The summed E-state index contributed by atoms with van der Waals surface area (Å²) in [5.41, 5.74) is 5.48. The summed E-state index contributed by atoms with van der Waals surface area (Å²) in [6, 6.07) is 95.7. The molecule has 0 saturated carbocycles. The van der Waals surface area contributed by atoms with E-state index in [1.54, 1.807) is 6.07 Å². The Balaban J connectivity index is 0.000000102. The highest BCUT2D eigenvalue weighted by molar-refractivity contribution is 9.11. The smallest absolute Gasteiger partial charge is 0.537 e. The predicted molar refractivity (Wildman–Crippen MR) is 382 cm³/mol. The molecule has 87 heavy (non-hydrogen) atoms. The van der Waals surface area contributed by atoms with Crippen LogP contribution in [0.5, 0.6) is 5.75 Å². The zero-order valence-corrected chi connectivity index (χ0v) is 51.3. The SMILES string of the molecule is Brc1ccc2ccc3c(-c4ccc5ccccc5c4)ccc4ccc1c2c43.Brc1ccc2ccc3c(Br)ccc4ccc1c2c43.OB(O)c1ccc2ccc3c(-c4ccc5ccccc5c4)ccc4ccc1c2c43.O[B]Oc1ccc2ccccc2c1. The molecule has 0 atom stereocenters. The first-order valence-electron chi connectivity index (χ1n) is 28.7. The Morgan fingerprint density at radius 3 is 0.977 bits per heavy atom. The fourth-order valence-electron chi connectivity index (χ4n) is 13.1. The molecule has 411 valence electrons. The van der Waals surface area contributed by atoms with Crippen LogP contribution in [0.1, 0.15) is 0 Å². The molecule has 0 unspecified atom stereocenters. The monoisotopic (exact) mass is 1310 g/mol. The van der Waals surface area contributed by atoms with Crippen LogP contribution >= 0.6 is 47.8 Å². The lowest BCUT2D eigenvalue weighted by atomic mass is 9.75. The van der Waals surface area contributed by atoms with Crippen molar-refractivity contribution < 1.29 is 19.7 Å². The van der Waals surface area contributed by atoms with Gasteiger partial charge < -0.3 is 19.7 Å². The molecule has 0 amide bonds. The second-order valence-corrected chi connectivity index (χ2v) is 24.6. The van der Waals surface area contributed by atoms with Crippen LogP contribution in [0.3, 0.4) is 0 Å². The standard InChI is InChI=1S/C26H17BO2.C26H15Br.C16H8Br2.C10H8BO2/c28-27(29)24-14-10-18-8-12-22-21(11-7-17-9-13-23(24)26(18)25(17)22)20-6-5-16-3-1-2-4-19(16)15-20;27-24-14-10-18-8-12-22-21(11-7-17-9-13-23(24)26(18)25(17)22)20-6-5-16-3-1-2-4-19(16)15-20;17-13-8-4-10-2-6-12-14(18)7-3-9-1-5-11(13)16(10)15(9)12;12-11-13-10-6-5-8-3-1-2-4-9(8)7-10/h1-15,28-29H;1-15H;1-8H;1-7,12H. The molecule has 18 rings (SSSR count). The minimum Gasteiger partial charge on any atom is -0.537 e. The summed E-state index contributed by atoms with van der Waals surface area (Å²) in [4.78, 5) is 0. The van der Waals surface area contributed by atoms with E-state index in [-0.39, 0.29) is 0 Å². The van der Waals surface area contributed by atoms with Gasteiger partial charge in [-0.2, -0.15) is 0 Å². The minimum absolute atomic E-state index is 0.544. The van der Waals surface area contributed by atoms with E-state index in [0.717, 1.165) is 45.7 Å². The second kappa shape index (κ2) is 22.8. The van der Waals surface area contributed by atoms with E-state index in [1.165, 1.54) is 119 Å². The summed E-state index contributed by atoms with van der Waals surface area (Å²) in [5.74, 6) is 0.640. The highest BCUT2D eigenvalue weighted by Crippen LogP contribution is 2.44. The highest BCUT2D eigenvalue weighted by atomic mass is 79.9. The van der Waals surface area contributed by atoms with Crippen molar-refractivity contribution in [2.45, 2.75) is 0 Å². The third kappa shape index (κ3) is 9.85. The topological polar surface area (TPSA) is 69.9 Å². The van der Waals surface area contributed by atoms with Crippen molar-refractivity contribution in [3.63, 3.8) is 0 Å². The Morgan fingerprint density at radius 1 is 0.276 bits per heavy atom. The van der Waals surface area contributed by atoms with Crippen LogP contribution in [-0.2, 0) is 0 Å². The van der Waals surface area contributed by atoms with Gasteiger partial charge in [0.2, 0.25) is 0 Å². The van der Waals surface area contributed by atoms with Crippen LogP contribution in [-0.4, -0.2) is 29.9 Å². The van der Waals surface area contributed by atoms with Crippen molar-refractivity contribution in [2.75, 3.05) is 0 Å². The van der Waals surface area contributed by atoms with E-state index in [2.05, 4.69) is 260 Å². The molecule has 1 radical (unpaired) electrons. The summed E-state index contributed by atoms with van der Waals surface area (Å²) in [6.07, 6.45) is 0. The Morgan fingerprint density at radius 2 is 0.575 bits per heavy atom. The average molecular weight is 1310 g/mol. The number of hydrogen-bond donors (Lipinski definition) is 3. The molecule has 0 bridgehead atoms. The second-order valence-electron chi connectivity index (χ2n) is 22.0. The van der Waals surface area contributed by atoms with Gasteiger partial charge in [0.25, 0.3) is 0 Å². The fourth-order valence-corrected chi connectivity index (χ4v) is 14.5. The molecule has 0 heterocycles. The molecule has 18 aromatic rings. The number of rotatable bonds is 5. The molecule has 0 saturated heterocycles. The molecule has 0 aliphatic carbocycles. The average Bonchev–Trinajstić information content (AvgIpc) is 1.53. The summed E-state index contributed by atoms with van der Waals surface area (Å²) >= 11 is 11.0. The van der Waals surface area contributed by atoms with Crippen LogP contribution in [0.4, 0.5) is 0 Å². The molecule has 9 heteroatoms. The summed E-state index contributed by atoms with van der Waals surface area (Å²) in [6.45, 7) is 0. The number of halogens is 3. The maximum atomic E-state index is 9.84. The lowest BCUT2D eigenvalue weighted by molar-refractivity contribution is 0.426. The molecule has 0 spiro atoms. The number of fused-ring (bicyclic) bond motifs is 3. The molecular formula is C78H48B2Br3O4. The van der Waals surface area contributed by atoms with Crippen LogP contribution in [0, 0.1) is 0 Å². The van der Waals surface area contributed by atoms with Crippen molar-refractivity contribution in [1.82, 2.24) is 0 Å². The van der Waals surface area contributed by atoms with E-state index >= 15 is 0 Å². The lowest BCUT2D eigenvalue weighted by Gasteiger charge is -2.16. The zero-order valence-electron chi connectivity index (χ0n) is 46.5. The lowest BCUT2D eigenvalue weighted by Crippen LogP contribution is -2.30. The van der Waals surface area contributed by atoms with Crippen LogP contribution in [0.25, 0.3) is 152 Å². The van der Waals surface area contributed by atoms with Gasteiger partial charge in [0.15, 0.2) is 0 Å². The van der Waals surface area contributed by atoms with Crippen molar-refractivity contribution in [1.29, 1.82) is 0 Å². The normalized spacial score (nSPS) is 11.6. The van der Waals surface area contributed by atoms with Crippen molar-refractivity contribution in [3.8, 4) is 28.0 Å². The van der Waals surface area contributed by atoms with E-state index in [1.807, 2.05) is 54.6 Å². The van der Waals surface area contributed by atoms with Gasteiger partial charge >= 0.3 is 14.8 Å². The summed E-state index contributed by atoms with van der Waals surface area (Å²) < 4.78 is 8.31. The van der Waals surface area contributed by atoms with Gasteiger partial charge in [-0.05, 0) is 199 Å². The van der Waals surface area contributed by atoms with Gasteiger partial charge in [0.05, 0.1) is 0 Å². The molecule has 4 nitrogen and oxygen atoms in total. The van der Waals surface area contributed by atoms with Gasteiger partial charge in [-0.15, -0.1) is 0 Å². The first-order valence-corrected chi connectivity index (χ1v) is 31.1. The van der Waals surface area contributed by atoms with Crippen LogP contribution in [0.2, 0.25) is 0 Å². The third-order valence-corrected chi connectivity index (χ3v) is 19.3. The maximum absolute atomic E-state index is 9.84. The molecule has 0 aromatic heterocycles. The molecule has 0 aliphatic rings. The van der Waals surface area contributed by atoms with Crippen LogP contribution < -0.4 is 10.1 Å². The first-order chi connectivity index (χ1) is 42.6. The quantitative estimate of drug-likeness (QED) is 0.119. The van der Waals surface area contributed by atoms with Crippen molar-refractivity contribution in [3.05, 3.63) is 286 Å². The molecule has 0 aliphatic heterocycles. The largest absolute Gasteiger partial charge is 0.569 e. The number of benzene rings is 18. The minimum atomic E-state index is -1.49. The Hall–Kier alpha value is -8.89. The molecular weight excluding hydrogens is 1260 g/mol. The van der Waals surface area contributed by atoms with Gasteiger partial charge in [0, 0.05) is 13.4 Å². The van der Waals surface area contributed by atoms with Gasteiger partial charge in [0.1, 0.15) is 5.75 Å². The Labute approximate surface area is 527 Å². The molecule has 18 aromatic carbocycles. The van der Waals surface area contributed by atoms with Gasteiger partial charge in [-0.1, -0.05) is 278 Å². The van der Waals surface area contributed by atoms with E-state index in [4.69, 9.17) is 9.68 Å². The fraction of sp³-hybridized carbons (Fsp3) is 0. The van der Waals surface area contributed by atoms with Crippen molar-refractivity contribution >= 4 is 197 Å². The van der Waals surface area contributed by atoms with Crippen molar-refractivity contribution in [2.24, 2.45) is 0 Å². The zero-order chi connectivity index (χ0) is 58.9. The number of hydrogen-bond acceptors (Lipinski definition) is 4. The Kier molecular flexibility index (Phi) is 14.3. The van der Waals surface area contributed by atoms with Crippen LogP contribution in [0.15, 0.2) is 286 Å². The van der Waals surface area contributed by atoms with E-state index in [0.29, 0.717) is 18.9 Å². The maximum Gasteiger partial charge on any atom is 0.569 e. The summed E-state index contributed by atoms with van der Waals surface area (Å²) in [5, 5.41) is 57.8. The van der Waals surface area contributed by atoms with E-state index < -0.39 is 7.12 Å². The summed E-state index contributed by atoms with van der Waals surface area (Å²) in [7, 11) is -0.802. The van der Waals surface area contributed by atoms with Gasteiger partial charge in [-0.3, -0.25) is 0 Å². The third-order valence-electron chi connectivity index (χ3n) is 17.2. The predicted octanol–water partition coefficient (Wildman–Crippen LogP) is 21.1. The highest BCUT2D eigenvalue weighted by Gasteiger charge is 2.20. The molecule has 0 fully saturated rings. The first kappa shape index (κ1) is 54.7. The Bertz CT molecular complexity index is 5580.